The van der Waals surface area contributed by atoms with Gasteiger partial charge in [0.15, 0.2) is 5.76 Å². The number of carbonyl (C=O) groups is 1. The molecule has 1 atom stereocenters. The molecule has 1 amide bonds. The van der Waals surface area contributed by atoms with Crippen LogP contribution in [-0.4, -0.2) is 23.5 Å². The summed E-state index contributed by atoms with van der Waals surface area (Å²) >= 11 is 0. The molecule has 0 aliphatic rings. The molecule has 0 aliphatic carbocycles. The molecule has 152 valence electrons. The zero-order valence-corrected chi connectivity index (χ0v) is 17.1. The molecule has 29 heavy (non-hydrogen) atoms. The maximum atomic E-state index is 11.8. The molecular weight excluding hydrogens is 364 g/mol. The summed E-state index contributed by atoms with van der Waals surface area (Å²) in [4.78, 5) is 18.5. The zero-order valence-electron chi connectivity index (χ0n) is 17.1. The van der Waals surface area contributed by atoms with Crippen LogP contribution in [0.15, 0.2) is 65.2 Å². The molecule has 0 aliphatic heterocycles. The molecule has 0 saturated carbocycles. The van der Waals surface area contributed by atoms with Crippen LogP contribution in [0.5, 0.6) is 0 Å². The van der Waals surface area contributed by atoms with E-state index in [1.165, 1.54) is 0 Å². The molecule has 1 heterocycles. The van der Waals surface area contributed by atoms with E-state index in [0.29, 0.717) is 24.2 Å². The van der Waals surface area contributed by atoms with Gasteiger partial charge in [-0.05, 0) is 30.5 Å². The van der Waals surface area contributed by atoms with Crippen LogP contribution in [0.4, 0.5) is 11.7 Å². The first-order chi connectivity index (χ1) is 14.0. The van der Waals surface area contributed by atoms with Crippen molar-refractivity contribution in [2.45, 2.75) is 33.4 Å². The number of anilines is 2. The fourth-order valence-electron chi connectivity index (χ4n) is 3.04. The van der Waals surface area contributed by atoms with Gasteiger partial charge in [-0.3, -0.25) is 9.69 Å². The number of oxazole rings is 1. The molecule has 6 heteroatoms. The smallest absolute Gasteiger partial charge is 0.302 e. The number of nitrogens with two attached hydrogens (primary N) is 1. The van der Waals surface area contributed by atoms with Gasteiger partial charge in [-0.25, -0.2) is 4.98 Å². The van der Waals surface area contributed by atoms with Gasteiger partial charge in [-0.1, -0.05) is 56.3 Å². The SMILES string of the molecule is CC(C)CN(c1ccccc1)c1ncc(-c2ccccc2CNC(=O)C(C)N)o1. The van der Waals surface area contributed by atoms with Gasteiger partial charge in [0.1, 0.15) is 0 Å². The van der Waals surface area contributed by atoms with Crippen LogP contribution < -0.4 is 16.0 Å². The molecule has 0 fully saturated rings. The van der Waals surface area contributed by atoms with Crippen molar-refractivity contribution in [3.05, 3.63) is 66.4 Å². The Bertz CT molecular complexity index is 935. The third-order valence-corrected chi connectivity index (χ3v) is 4.49. The minimum Gasteiger partial charge on any atom is -0.423 e. The van der Waals surface area contributed by atoms with Crippen LogP contribution in [-0.2, 0) is 11.3 Å². The van der Waals surface area contributed by atoms with Gasteiger partial charge in [0.25, 0.3) is 0 Å². The van der Waals surface area contributed by atoms with Crippen LogP contribution in [0, 0.1) is 5.92 Å². The van der Waals surface area contributed by atoms with E-state index >= 15 is 0 Å². The molecule has 0 spiro atoms. The standard InChI is InChI=1S/C23H28N4O2/c1-16(2)15-27(19-10-5-4-6-11-19)23-26-14-21(29-23)20-12-8-7-9-18(20)13-25-22(28)17(3)24/h4-12,14,16-17H,13,15,24H2,1-3H3,(H,25,28). The summed E-state index contributed by atoms with van der Waals surface area (Å²) in [6.45, 7) is 7.15. The maximum Gasteiger partial charge on any atom is 0.302 e. The number of hydrogen-bond donors (Lipinski definition) is 2. The molecular formula is C23H28N4O2. The molecule has 0 radical (unpaired) electrons. The number of nitrogens with zero attached hydrogens (tertiary/aromatic N) is 2. The largest absolute Gasteiger partial charge is 0.423 e. The lowest BCUT2D eigenvalue weighted by atomic mass is 10.1. The van der Waals surface area contributed by atoms with E-state index in [-0.39, 0.29) is 5.91 Å². The normalized spacial score (nSPS) is 12.0. The number of hydrogen-bond acceptors (Lipinski definition) is 5. The third-order valence-electron chi connectivity index (χ3n) is 4.49. The van der Waals surface area contributed by atoms with Crippen molar-refractivity contribution >= 4 is 17.6 Å². The van der Waals surface area contributed by atoms with Crippen LogP contribution in [0.25, 0.3) is 11.3 Å². The lowest BCUT2D eigenvalue weighted by Gasteiger charge is -2.22. The zero-order chi connectivity index (χ0) is 20.8. The summed E-state index contributed by atoms with van der Waals surface area (Å²) in [7, 11) is 0. The highest BCUT2D eigenvalue weighted by Crippen LogP contribution is 2.31. The highest BCUT2D eigenvalue weighted by atomic mass is 16.4. The van der Waals surface area contributed by atoms with Gasteiger partial charge >= 0.3 is 6.01 Å². The fourth-order valence-corrected chi connectivity index (χ4v) is 3.04. The van der Waals surface area contributed by atoms with Gasteiger partial charge in [0, 0.05) is 24.3 Å². The molecule has 6 nitrogen and oxygen atoms in total. The number of nitrogens with one attached hydrogen (secondary N) is 1. The van der Waals surface area contributed by atoms with Crippen LogP contribution >= 0.6 is 0 Å². The Labute approximate surface area is 171 Å². The molecule has 0 bridgehead atoms. The second-order valence-corrected chi connectivity index (χ2v) is 7.51. The second kappa shape index (κ2) is 9.39. The molecule has 2 aromatic carbocycles. The first-order valence-corrected chi connectivity index (χ1v) is 9.85. The van der Waals surface area contributed by atoms with E-state index in [1.807, 2.05) is 54.6 Å². The third kappa shape index (κ3) is 5.23. The Morgan fingerprint density at radius 1 is 1.10 bits per heavy atom. The Hall–Kier alpha value is -3.12. The Kier molecular flexibility index (Phi) is 6.67. The first-order valence-electron chi connectivity index (χ1n) is 9.85. The summed E-state index contributed by atoms with van der Waals surface area (Å²) in [6, 6.07) is 17.9. The minimum atomic E-state index is -0.547. The molecule has 1 unspecified atom stereocenters. The van der Waals surface area contributed by atoms with Crippen molar-refractivity contribution < 1.29 is 9.21 Å². The fraction of sp³-hybridized carbons (Fsp3) is 0.304. The van der Waals surface area contributed by atoms with Gasteiger partial charge in [0.05, 0.1) is 12.2 Å². The minimum absolute atomic E-state index is 0.190. The number of amides is 1. The summed E-state index contributed by atoms with van der Waals surface area (Å²) in [5.41, 5.74) is 8.51. The molecule has 0 saturated heterocycles. The van der Waals surface area contributed by atoms with Gasteiger partial charge < -0.3 is 15.5 Å². The van der Waals surface area contributed by atoms with Gasteiger partial charge in [-0.2, -0.15) is 0 Å². The number of carbonyl (C=O) groups excluding carboxylic acids is 1. The van der Waals surface area contributed by atoms with E-state index in [0.717, 1.165) is 23.4 Å². The number of para-hydroxylation sites is 1. The van der Waals surface area contributed by atoms with E-state index in [1.54, 1.807) is 13.1 Å². The van der Waals surface area contributed by atoms with E-state index in [9.17, 15) is 4.79 Å². The van der Waals surface area contributed by atoms with E-state index in [2.05, 4.69) is 29.0 Å². The van der Waals surface area contributed by atoms with Crippen LogP contribution in [0.2, 0.25) is 0 Å². The van der Waals surface area contributed by atoms with Gasteiger partial charge in [-0.15, -0.1) is 0 Å². The summed E-state index contributed by atoms with van der Waals surface area (Å²) < 4.78 is 6.16. The van der Waals surface area contributed by atoms with Crippen molar-refractivity contribution in [2.75, 3.05) is 11.4 Å². The molecule has 3 rings (SSSR count). The quantitative estimate of drug-likeness (QED) is 0.603. The predicted octanol–water partition coefficient (Wildman–Crippen LogP) is 4.10. The van der Waals surface area contributed by atoms with Crippen LogP contribution in [0.3, 0.4) is 0 Å². The first kappa shape index (κ1) is 20.6. The van der Waals surface area contributed by atoms with Crippen LogP contribution in [0.1, 0.15) is 26.3 Å². The maximum absolute atomic E-state index is 11.8. The second-order valence-electron chi connectivity index (χ2n) is 7.51. The lowest BCUT2D eigenvalue weighted by Crippen LogP contribution is -2.37. The van der Waals surface area contributed by atoms with Crippen molar-refractivity contribution in [2.24, 2.45) is 11.7 Å². The number of aromatic nitrogens is 1. The van der Waals surface area contributed by atoms with Crippen molar-refractivity contribution in [1.82, 2.24) is 10.3 Å². The number of benzene rings is 2. The monoisotopic (exact) mass is 392 g/mol. The Balaban J connectivity index is 1.88. The molecule has 3 N–H and O–H groups in total. The highest BCUT2D eigenvalue weighted by Gasteiger charge is 2.18. The van der Waals surface area contributed by atoms with Gasteiger partial charge in [0.2, 0.25) is 5.91 Å². The summed E-state index contributed by atoms with van der Waals surface area (Å²) in [5.74, 6) is 0.909. The van der Waals surface area contributed by atoms with Crippen molar-refractivity contribution in [3.63, 3.8) is 0 Å². The Morgan fingerprint density at radius 3 is 2.48 bits per heavy atom. The summed E-state index contributed by atoms with van der Waals surface area (Å²) in [5, 5.41) is 2.85. The molecule has 3 aromatic rings. The Morgan fingerprint density at radius 2 is 1.79 bits per heavy atom. The highest BCUT2D eigenvalue weighted by molar-refractivity contribution is 5.81. The van der Waals surface area contributed by atoms with E-state index < -0.39 is 6.04 Å². The van der Waals surface area contributed by atoms with Crippen molar-refractivity contribution in [1.29, 1.82) is 0 Å². The molecule has 1 aromatic heterocycles. The average Bonchev–Trinajstić information content (AvgIpc) is 3.20. The lowest BCUT2D eigenvalue weighted by molar-refractivity contribution is -0.122. The number of rotatable bonds is 8. The topological polar surface area (TPSA) is 84.4 Å². The average molecular weight is 393 g/mol. The summed E-state index contributed by atoms with van der Waals surface area (Å²) in [6.07, 6.45) is 1.73. The van der Waals surface area contributed by atoms with E-state index in [4.69, 9.17) is 10.2 Å². The van der Waals surface area contributed by atoms with Crippen molar-refractivity contribution in [3.8, 4) is 11.3 Å². The predicted molar refractivity (Wildman–Crippen MR) is 116 cm³/mol.